The Bertz CT molecular complexity index is 2230. The number of halogens is 3. The topological polar surface area (TPSA) is 129 Å². The van der Waals surface area contributed by atoms with Crippen LogP contribution in [0.2, 0.25) is 0 Å². The van der Waals surface area contributed by atoms with Crippen molar-refractivity contribution in [3.63, 3.8) is 0 Å². The molecule has 3 aromatic rings. The molecule has 2 aromatic carbocycles. The largest absolute Gasteiger partial charge is 0.407 e. The van der Waals surface area contributed by atoms with Gasteiger partial charge >= 0.3 is 6.18 Å². The number of piperazine rings is 1. The van der Waals surface area contributed by atoms with E-state index in [1.165, 1.54) is 12.1 Å². The van der Waals surface area contributed by atoms with E-state index in [1.807, 2.05) is 29.2 Å². The van der Waals surface area contributed by atoms with Crippen molar-refractivity contribution < 1.29 is 32.3 Å². The number of benzene rings is 2. The van der Waals surface area contributed by atoms with Gasteiger partial charge in [0.2, 0.25) is 17.7 Å². The molecule has 4 amide bonds. The van der Waals surface area contributed by atoms with Crippen molar-refractivity contribution in [1.82, 2.24) is 25.0 Å². The molecule has 17 heteroatoms. The van der Waals surface area contributed by atoms with Crippen molar-refractivity contribution in [2.75, 3.05) is 92.1 Å². The normalized spacial score (nSPS) is 22.5. The highest BCUT2D eigenvalue weighted by atomic mass is 19.4. The summed E-state index contributed by atoms with van der Waals surface area (Å²) in [6, 6.07) is 13.0. The average molecular weight is 839 g/mol. The third-order valence-electron chi connectivity index (χ3n) is 13.6. The smallest absolute Gasteiger partial charge is 0.372 e. The van der Waals surface area contributed by atoms with Crippen LogP contribution in [0.1, 0.15) is 60.0 Å². The lowest BCUT2D eigenvalue weighted by Crippen LogP contribution is -2.63. The number of alkyl halides is 3. The third kappa shape index (κ3) is 8.35. The molecule has 1 spiro atoms. The van der Waals surface area contributed by atoms with E-state index in [0.29, 0.717) is 61.4 Å². The molecule has 61 heavy (non-hydrogen) atoms. The molecule has 5 saturated heterocycles. The first kappa shape index (κ1) is 40.7. The molecule has 14 nitrogen and oxygen atoms in total. The summed E-state index contributed by atoms with van der Waals surface area (Å²) in [6.45, 7) is 17.0. The van der Waals surface area contributed by atoms with Gasteiger partial charge in [-0.05, 0) is 85.5 Å². The van der Waals surface area contributed by atoms with Crippen molar-refractivity contribution in [2.45, 2.75) is 57.3 Å². The van der Waals surface area contributed by atoms with Crippen LogP contribution in [0.5, 0.6) is 0 Å². The lowest BCUT2D eigenvalue weighted by Gasteiger charge is -2.55. The fourth-order valence-corrected chi connectivity index (χ4v) is 10.1. The third-order valence-corrected chi connectivity index (χ3v) is 13.6. The standard InChI is InChI=1S/C44H49F3N10O4/c1-48-36-6-3-32(23-35(36)44(45,46)47)54-14-10-29(11-15-54)40(59)50-38-8-4-33(24-49-38)56-20-18-52(19-21-56)28-53-26-43(27-53)12-16-55(17-13-43)31-2-5-34-30(22-31)25-57(42(34)61)37-7-9-39(58)51-41(37)60/h2-6,8,22-24,29,37H,7,9-21,25-28H2,(H,49,50,59)(H,51,58,60). The molecular weight excluding hydrogens is 790 g/mol. The molecule has 0 aliphatic carbocycles. The van der Waals surface area contributed by atoms with Crippen LogP contribution in [0.3, 0.4) is 0 Å². The molecule has 1 aromatic heterocycles. The highest BCUT2D eigenvalue weighted by Gasteiger charge is 2.46. The minimum Gasteiger partial charge on any atom is -0.372 e. The maximum atomic E-state index is 13.5. The number of pyridine rings is 1. The monoisotopic (exact) mass is 838 g/mol. The molecule has 6 aliphatic heterocycles. The minimum absolute atomic E-state index is 0.145. The number of aromatic nitrogens is 1. The number of hydrogen-bond donors (Lipinski definition) is 2. The summed E-state index contributed by atoms with van der Waals surface area (Å²) in [6.07, 6.45) is 1.01. The second kappa shape index (κ2) is 16.3. The van der Waals surface area contributed by atoms with E-state index in [1.54, 1.807) is 11.1 Å². The predicted octanol–water partition coefficient (Wildman–Crippen LogP) is 4.95. The quantitative estimate of drug-likeness (QED) is 0.238. The van der Waals surface area contributed by atoms with Gasteiger partial charge in [0.1, 0.15) is 11.9 Å². The molecule has 0 bridgehead atoms. The summed E-state index contributed by atoms with van der Waals surface area (Å²) >= 11 is 0. The van der Waals surface area contributed by atoms with E-state index >= 15 is 0 Å². The Hall–Kier alpha value is -5.73. The zero-order valence-corrected chi connectivity index (χ0v) is 33.9. The molecule has 0 saturated carbocycles. The van der Waals surface area contributed by atoms with Gasteiger partial charge in [-0.15, -0.1) is 0 Å². The van der Waals surface area contributed by atoms with Gasteiger partial charge < -0.3 is 24.9 Å². The number of hydrogen-bond acceptors (Lipinski definition) is 10. The maximum absolute atomic E-state index is 13.5. The van der Waals surface area contributed by atoms with E-state index in [-0.39, 0.29) is 30.1 Å². The molecule has 2 N–H and O–H groups in total. The van der Waals surface area contributed by atoms with Crippen LogP contribution in [0.15, 0.2) is 54.7 Å². The predicted molar refractivity (Wildman–Crippen MR) is 222 cm³/mol. The number of imide groups is 1. The average Bonchev–Trinajstić information content (AvgIpc) is 3.58. The minimum atomic E-state index is -4.61. The summed E-state index contributed by atoms with van der Waals surface area (Å²) in [4.78, 5) is 71.1. The highest BCUT2D eigenvalue weighted by molar-refractivity contribution is 6.05. The molecule has 6 aliphatic rings. The second-order valence-corrected chi connectivity index (χ2v) is 17.4. The molecule has 320 valence electrons. The number of likely N-dealkylation sites (tertiary alicyclic amines) is 1. The fraction of sp³-hybridized carbons (Fsp3) is 0.500. The lowest BCUT2D eigenvalue weighted by atomic mass is 9.72. The SMILES string of the molecule is [C-]#[N+]c1ccc(N2CCC(C(=O)Nc3ccc(N4CCN(CN5CC6(CCN(c7ccc8c(c7)CN(C7CCC(=O)NC7=O)C8=O)CC6)C5)CC4)cn3)CC2)cc1C(F)(F)F. The molecule has 0 radical (unpaired) electrons. The van der Waals surface area contributed by atoms with Gasteiger partial charge in [-0.3, -0.25) is 34.3 Å². The summed E-state index contributed by atoms with van der Waals surface area (Å²) < 4.78 is 40.5. The van der Waals surface area contributed by atoms with Crippen LogP contribution >= 0.6 is 0 Å². The van der Waals surface area contributed by atoms with Crippen LogP contribution in [0, 0.1) is 17.9 Å². The van der Waals surface area contributed by atoms with Crippen LogP contribution in [-0.4, -0.2) is 121 Å². The number of amides is 4. The lowest BCUT2D eigenvalue weighted by molar-refractivity contribution is -0.138. The first-order valence-corrected chi connectivity index (χ1v) is 21.2. The first-order valence-electron chi connectivity index (χ1n) is 21.2. The van der Waals surface area contributed by atoms with Crippen LogP contribution in [0.25, 0.3) is 4.85 Å². The summed E-state index contributed by atoms with van der Waals surface area (Å²) in [7, 11) is 0. The van der Waals surface area contributed by atoms with Crippen LogP contribution in [-0.2, 0) is 27.1 Å². The Morgan fingerprint density at radius 3 is 2.18 bits per heavy atom. The Kier molecular flexibility index (Phi) is 10.9. The van der Waals surface area contributed by atoms with Crippen LogP contribution < -0.4 is 25.3 Å². The van der Waals surface area contributed by atoms with E-state index in [4.69, 9.17) is 6.57 Å². The number of nitrogens with one attached hydrogen (secondary N) is 2. The van der Waals surface area contributed by atoms with Gasteiger partial charge in [-0.25, -0.2) is 9.83 Å². The summed E-state index contributed by atoms with van der Waals surface area (Å²) in [5.41, 5.74) is 3.08. The van der Waals surface area contributed by atoms with E-state index < -0.39 is 29.4 Å². The maximum Gasteiger partial charge on any atom is 0.407 e. The number of anilines is 4. The second-order valence-electron chi connectivity index (χ2n) is 17.4. The Morgan fingerprint density at radius 1 is 0.836 bits per heavy atom. The molecule has 7 heterocycles. The number of carbonyl (C=O) groups excluding carboxylic acids is 4. The first-order chi connectivity index (χ1) is 29.3. The van der Waals surface area contributed by atoms with Crippen molar-refractivity contribution in [2.24, 2.45) is 11.3 Å². The van der Waals surface area contributed by atoms with Gasteiger partial charge in [-0.1, -0.05) is 6.07 Å². The Morgan fingerprint density at radius 2 is 1.51 bits per heavy atom. The van der Waals surface area contributed by atoms with Crippen molar-refractivity contribution >= 4 is 52.2 Å². The molecule has 1 atom stereocenters. The van der Waals surface area contributed by atoms with Gasteiger partial charge in [0, 0.05) is 101 Å². The van der Waals surface area contributed by atoms with E-state index in [2.05, 4.69) is 46.1 Å². The molecule has 9 rings (SSSR count). The summed E-state index contributed by atoms with van der Waals surface area (Å²) in [5.74, 6) is -0.779. The molecule has 1 unspecified atom stereocenters. The number of nitrogens with zero attached hydrogens (tertiary/aromatic N) is 8. The molecular formula is C44H49F3N10O4. The van der Waals surface area contributed by atoms with Gasteiger partial charge in [0.25, 0.3) is 5.91 Å². The number of rotatable bonds is 8. The Balaban J connectivity index is 0.684. The van der Waals surface area contributed by atoms with E-state index in [9.17, 15) is 32.3 Å². The van der Waals surface area contributed by atoms with Gasteiger partial charge in [0.15, 0.2) is 5.69 Å². The Labute approximate surface area is 352 Å². The van der Waals surface area contributed by atoms with Crippen molar-refractivity contribution in [3.8, 4) is 0 Å². The highest BCUT2D eigenvalue weighted by Crippen LogP contribution is 2.43. The molecule has 5 fully saturated rings. The zero-order valence-electron chi connectivity index (χ0n) is 33.9. The summed E-state index contributed by atoms with van der Waals surface area (Å²) in [5, 5.41) is 5.29. The van der Waals surface area contributed by atoms with Gasteiger partial charge in [0.05, 0.1) is 30.7 Å². The number of carbonyl (C=O) groups is 4. The van der Waals surface area contributed by atoms with Crippen molar-refractivity contribution in [1.29, 1.82) is 0 Å². The van der Waals surface area contributed by atoms with Gasteiger partial charge in [-0.2, -0.15) is 13.2 Å². The van der Waals surface area contributed by atoms with Crippen molar-refractivity contribution in [3.05, 3.63) is 82.8 Å². The fourth-order valence-electron chi connectivity index (χ4n) is 10.1. The number of fused-ring (bicyclic) bond motifs is 1. The number of piperidine rings is 3. The van der Waals surface area contributed by atoms with Crippen LogP contribution in [0.4, 0.5) is 41.7 Å². The zero-order chi connectivity index (χ0) is 42.5. The van der Waals surface area contributed by atoms with E-state index in [0.717, 1.165) is 94.9 Å².